The van der Waals surface area contributed by atoms with Crippen molar-refractivity contribution in [1.29, 1.82) is 0 Å². The van der Waals surface area contributed by atoms with Gasteiger partial charge in [0.2, 0.25) is 5.88 Å². The van der Waals surface area contributed by atoms with Gasteiger partial charge in [0, 0.05) is 0 Å². The summed E-state index contributed by atoms with van der Waals surface area (Å²) in [6, 6.07) is 7.43. The van der Waals surface area contributed by atoms with E-state index in [1.54, 1.807) is 19.1 Å². The van der Waals surface area contributed by atoms with E-state index in [0.717, 1.165) is 12.8 Å². The zero-order chi connectivity index (χ0) is 20.7. The number of aryl methyl sites for hydroxylation is 2. The molecule has 0 saturated heterocycles. The lowest BCUT2D eigenvalue weighted by Gasteiger charge is -2.08. The van der Waals surface area contributed by atoms with E-state index in [9.17, 15) is 14.4 Å². The molecule has 150 valence electrons. The van der Waals surface area contributed by atoms with Crippen LogP contribution in [0.3, 0.4) is 0 Å². The average molecular weight is 388 g/mol. The first kappa shape index (κ1) is 21.0. The Morgan fingerprint density at radius 2 is 1.79 bits per heavy atom. The summed E-state index contributed by atoms with van der Waals surface area (Å²) in [5.74, 6) is -1.78. The lowest BCUT2D eigenvalue weighted by atomic mass is 10.1. The van der Waals surface area contributed by atoms with Crippen LogP contribution < -0.4 is 15.8 Å². The highest BCUT2D eigenvalue weighted by Crippen LogP contribution is 2.27. The summed E-state index contributed by atoms with van der Waals surface area (Å²) in [5, 5.41) is 2.41. The molecule has 0 aliphatic carbocycles. The Labute approximate surface area is 163 Å². The minimum absolute atomic E-state index is 0.0999. The maximum absolute atomic E-state index is 12.2. The van der Waals surface area contributed by atoms with Gasteiger partial charge in [-0.2, -0.15) is 0 Å². The molecule has 0 aliphatic heterocycles. The van der Waals surface area contributed by atoms with Crippen molar-refractivity contribution in [2.24, 2.45) is 5.73 Å². The average Bonchev–Trinajstić information content (AvgIpc) is 2.97. The number of nitrogens with two attached hydrogens (primary N) is 1. The van der Waals surface area contributed by atoms with Crippen LogP contribution in [-0.2, 0) is 16.0 Å². The van der Waals surface area contributed by atoms with Crippen molar-refractivity contribution in [3.05, 3.63) is 46.7 Å². The number of benzene rings is 1. The smallest absolute Gasteiger partial charge is 0.342 e. The van der Waals surface area contributed by atoms with E-state index in [-0.39, 0.29) is 36.0 Å². The number of ether oxygens (including phenoxy) is 2. The summed E-state index contributed by atoms with van der Waals surface area (Å²) in [6.07, 6.45) is 2.01. The number of amides is 2. The highest BCUT2D eigenvalue weighted by Gasteiger charge is 2.29. The van der Waals surface area contributed by atoms with Crippen molar-refractivity contribution in [3.63, 3.8) is 0 Å². The number of carbonyl (C=O) groups excluding carboxylic acids is 3. The van der Waals surface area contributed by atoms with E-state index in [1.807, 2.05) is 12.1 Å². The summed E-state index contributed by atoms with van der Waals surface area (Å²) >= 11 is 0. The summed E-state index contributed by atoms with van der Waals surface area (Å²) in [7, 11) is 0. The first-order valence-corrected chi connectivity index (χ1v) is 8.99. The molecule has 0 aliphatic rings. The third-order valence-corrected chi connectivity index (χ3v) is 3.90. The van der Waals surface area contributed by atoms with E-state index < -0.39 is 17.8 Å². The van der Waals surface area contributed by atoms with E-state index in [0.29, 0.717) is 5.75 Å². The number of esters is 1. The normalized spacial score (nSPS) is 10.4. The van der Waals surface area contributed by atoms with Crippen molar-refractivity contribution >= 4 is 23.7 Å². The molecule has 8 heteroatoms. The van der Waals surface area contributed by atoms with Crippen molar-refractivity contribution in [3.8, 4) is 5.75 Å². The Morgan fingerprint density at radius 3 is 2.36 bits per heavy atom. The van der Waals surface area contributed by atoms with Gasteiger partial charge in [-0.3, -0.25) is 14.9 Å². The van der Waals surface area contributed by atoms with Crippen LogP contribution in [0.1, 0.15) is 52.3 Å². The van der Waals surface area contributed by atoms with Crippen molar-refractivity contribution in [2.45, 2.75) is 33.6 Å². The van der Waals surface area contributed by atoms with Gasteiger partial charge in [0.25, 0.3) is 11.8 Å². The summed E-state index contributed by atoms with van der Waals surface area (Å²) in [6.45, 7) is 5.02. The Hall–Kier alpha value is -3.29. The minimum Gasteiger partial charge on any atom is -0.484 e. The largest absolute Gasteiger partial charge is 0.484 e. The fourth-order valence-corrected chi connectivity index (χ4v) is 2.67. The number of rotatable bonds is 9. The summed E-state index contributed by atoms with van der Waals surface area (Å²) in [5.41, 5.74) is 6.21. The van der Waals surface area contributed by atoms with Crippen LogP contribution in [-0.4, -0.2) is 31.0 Å². The minimum atomic E-state index is -0.914. The molecule has 0 radical (unpaired) electrons. The Kier molecular flexibility index (Phi) is 7.20. The van der Waals surface area contributed by atoms with E-state index in [1.165, 1.54) is 12.5 Å². The van der Waals surface area contributed by atoms with Crippen molar-refractivity contribution in [2.75, 3.05) is 18.5 Å². The number of hydrogen-bond acceptors (Lipinski definition) is 6. The van der Waals surface area contributed by atoms with E-state index in [4.69, 9.17) is 19.6 Å². The van der Waals surface area contributed by atoms with Crippen LogP contribution in [0, 0.1) is 6.92 Å². The first-order valence-electron chi connectivity index (χ1n) is 8.99. The summed E-state index contributed by atoms with van der Waals surface area (Å²) in [4.78, 5) is 36.0. The van der Waals surface area contributed by atoms with Gasteiger partial charge in [-0.25, -0.2) is 4.79 Å². The molecule has 2 aromatic rings. The second-order valence-electron chi connectivity index (χ2n) is 6.05. The highest BCUT2D eigenvalue weighted by atomic mass is 16.5. The van der Waals surface area contributed by atoms with Crippen LogP contribution in [0.2, 0.25) is 0 Å². The van der Waals surface area contributed by atoms with E-state index in [2.05, 4.69) is 12.2 Å². The van der Waals surface area contributed by atoms with Crippen LogP contribution in [0.25, 0.3) is 0 Å². The van der Waals surface area contributed by atoms with Gasteiger partial charge >= 0.3 is 5.97 Å². The zero-order valence-electron chi connectivity index (χ0n) is 16.2. The monoisotopic (exact) mass is 388 g/mol. The molecule has 0 saturated carbocycles. The molecule has 3 N–H and O–H groups in total. The highest BCUT2D eigenvalue weighted by molar-refractivity contribution is 6.10. The quantitative estimate of drug-likeness (QED) is 0.637. The standard InChI is InChI=1S/C20H24N2O6/c1-4-6-13-7-9-14(10-8-13)27-11-15(23)22-19-17(18(21)24)16(12(3)28-19)20(25)26-5-2/h7-10H,4-6,11H2,1-3H3,(H2,21,24)(H,22,23). The Balaban J connectivity index is 2.08. The predicted octanol–water partition coefficient (Wildman–Crippen LogP) is 2.83. The second-order valence-corrected chi connectivity index (χ2v) is 6.05. The predicted molar refractivity (Wildman–Crippen MR) is 102 cm³/mol. The van der Waals surface area contributed by atoms with Gasteiger partial charge < -0.3 is 19.6 Å². The Bertz CT molecular complexity index is 854. The maximum atomic E-state index is 12.2. The van der Waals surface area contributed by atoms with Gasteiger partial charge in [0.1, 0.15) is 22.6 Å². The number of furan rings is 1. The maximum Gasteiger partial charge on any atom is 0.342 e. The number of carbonyl (C=O) groups is 3. The number of hydrogen-bond donors (Lipinski definition) is 2. The molecular weight excluding hydrogens is 364 g/mol. The van der Waals surface area contributed by atoms with Crippen LogP contribution in [0.5, 0.6) is 5.75 Å². The lowest BCUT2D eigenvalue weighted by molar-refractivity contribution is -0.118. The lowest BCUT2D eigenvalue weighted by Crippen LogP contribution is -2.23. The molecule has 1 aromatic heterocycles. The molecule has 1 aromatic carbocycles. The SMILES string of the molecule is CCCc1ccc(OCC(=O)Nc2oc(C)c(C(=O)OCC)c2C(N)=O)cc1. The van der Waals surface area contributed by atoms with Gasteiger partial charge in [-0.15, -0.1) is 0 Å². The Morgan fingerprint density at radius 1 is 1.11 bits per heavy atom. The van der Waals surface area contributed by atoms with Gasteiger partial charge in [-0.05, 0) is 38.0 Å². The second kappa shape index (κ2) is 9.59. The zero-order valence-corrected chi connectivity index (χ0v) is 16.2. The molecule has 0 fully saturated rings. The number of primary amides is 1. The van der Waals surface area contributed by atoms with E-state index >= 15 is 0 Å². The van der Waals surface area contributed by atoms with Gasteiger partial charge in [0.15, 0.2) is 6.61 Å². The third kappa shape index (κ3) is 5.12. The fourth-order valence-electron chi connectivity index (χ4n) is 2.67. The first-order chi connectivity index (χ1) is 13.4. The molecule has 0 spiro atoms. The number of anilines is 1. The molecule has 1 heterocycles. The van der Waals surface area contributed by atoms with Crippen LogP contribution in [0.4, 0.5) is 5.88 Å². The topological polar surface area (TPSA) is 121 Å². The van der Waals surface area contributed by atoms with Crippen molar-refractivity contribution < 1.29 is 28.3 Å². The molecule has 0 atom stereocenters. The molecule has 2 amide bonds. The van der Waals surface area contributed by atoms with Crippen LogP contribution >= 0.6 is 0 Å². The third-order valence-electron chi connectivity index (χ3n) is 3.90. The molecule has 0 bridgehead atoms. The fraction of sp³-hybridized carbons (Fsp3) is 0.350. The number of nitrogens with one attached hydrogen (secondary N) is 1. The van der Waals surface area contributed by atoms with Gasteiger partial charge in [-0.1, -0.05) is 25.5 Å². The molecular formula is C20H24N2O6. The molecule has 0 unspecified atom stereocenters. The van der Waals surface area contributed by atoms with Crippen LogP contribution in [0.15, 0.2) is 28.7 Å². The summed E-state index contributed by atoms with van der Waals surface area (Å²) < 4.78 is 15.7. The van der Waals surface area contributed by atoms with Gasteiger partial charge in [0.05, 0.1) is 6.61 Å². The molecule has 28 heavy (non-hydrogen) atoms. The molecule has 2 rings (SSSR count). The van der Waals surface area contributed by atoms with Crippen molar-refractivity contribution in [1.82, 2.24) is 0 Å². The molecule has 8 nitrogen and oxygen atoms in total.